The fraction of sp³-hybridized carbons (Fsp3) is 0. The Hall–Kier alpha value is -2.69. The van der Waals surface area contributed by atoms with E-state index in [1.807, 2.05) is 35.0 Å². The van der Waals surface area contributed by atoms with Gasteiger partial charge in [-0.25, -0.2) is 9.97 Å². The smallest absolute Gasteiger partial charge is 0.156 e. The maximum Gasteiger partial charge on any atom is 0.156 e. The van der Waals surface area contributed by atoms with Gasteiger partial charge in [-0.05, 0) is 24.3 Å². The topological polar surface area (TPSA) is 69.6 Å². The number of aromatic nitrogens is 4. The summed E-state index contributed by atoms with van der Waals surface area (Å²) in [6, 6.07) is 7.57. The average Bonchev–Trinajstić information content (AvgIpc) is 2.90. The van der Waals surface area contributed by atoms with Crippen molar-refractivity contribution in [2.24, 2.45) is 0 Å². The van der Waals surface area contributed by atoms with Gasteiger partial charge in [0.15, 0.2) is 5.82 Å². The Morgan fingerprint density at radius 1 is 0.944 bits per heavy atom. The van der Waals surface area contributed by atoms with Crippen molar-refractivity contribution in [2.75, 3.05) is 5.73 Å². The number of benzene rings is 1. The molecule has 0 saturated heterocycles. The van der Waals surface area contributed by atoms with Crippen LogP contribution >= 0.6 is 0 Å². The number of nitrogens with zero attached hydrogens (tertiary/aromatic N) is 4. The van der Waals surface area contributed by atoms with Gasteiger partial charge in [0.2, 0.25) is 0 Å². The molecule has 0 saturated carbocycles. The van der Waals surface area contributed by atoms with Crippen LogP contribution in [0.25, 0.3) is 17.2 Å². The van der Waals surface area contributed by atoms with E-state index in [1.165, 1.54) is 0 Å². The van der Waals surface area contributed by atoms with E-state index >= 15 is 0 Å². The third-order valence-corrected chi connectivity index (χ3v) is 2.61. The summed E-state index contributed by atoms with van der Waals surface area (Å²) in [5.41, 5.74) is 7.40. The van der Waals surface area contributed by atoms with Crippen molar-refractivity contribution >= 4 is 5.69 Å². The summed E-state index contributed by atoms with van der Waals surface area (Å²) in [6.45, 7) is 0. The van der Waals surface area contributed by atoms with Crippen LogP contribution in [-0.4, -0.2) is 19.5 Å². The van der Waals surface area contributed by atoms with Gasteiger partial charge in [-0.15, -0.1) is 0 Å². The van der Waals surface area contributed by atoms with Gasteiger partial charge in [-0.2, -0.15) is 0 Å². The lowest BCUT2D eigenvalue weighted by atomic mass is 10.2. The Labute approximate surface area is 104 Å². The van der Waals surface area contributed by atoms with Crippen molar-refractivity contribution in [3.8, 4) is 17.2 Å². The maximum absolute atomic E-state index is 5.68. The molecule has 3 aromatic rings. The highest BCUT2D eigenvalue weighted by atomic mass is 15.1. The van der Waals surface area contributed by atoms with Crippen LogP contribution in [0.1, 0.15) is 0 Å². The van der Waals surface area contributed by atoms with Crippen LogP contribution in [0.5, 0.6) is 0 Å². The van der Waals surface area contributed by atoms with Crippen LogP contribution in [0, 0.1) is 0 Å². The molecular weight excluding hydrogens is 226 g/mol. The molecule has 1 aromatic carbocycles. The normalized spacial score (nSPS) is 10.4. The number of nitrogens with two attached hydrogens (primary N) is 1. The molecule has 5 nitrogen and oxygen atoms in total. The van der Waals surface area contributed by atoms with E-state index in [0.717, 1.165) is 22.9 Å². The van der Waals surface area contributed by atoms with Gasteiger partial charge in [0.25, 0.3) is 0 Å². The zero-order valence-electron chi connectivity index (χ0n) is 9.56. The molecule has 0 spiro atoms. The van der Waals surface area contributed by atoms with Crippen molar-refractivity contribution in [1.29, 1.82) is 0 Å². The first-order chi connectivity index (χ1) is 8.84. The zero-order valence-corrected chi connectivity index (χ0v) is 9.56. The van der Waals surface area contributed by atoms with Gasteiger partial charge in [0.05, 0.1) is 6.20 Å². The molecule has 3 rings (SSSR count). The molecule has 0 aliphatic heterocycles. The first-order valence-electron chi connectivity index (χ1n) is 5.50. The minimum absolute atomic E-state index is 0.733. The van der Waals surface area contributed by atoms with Crippen LogP contribution in [0.4, 0.5) is 5.69 Å². The average molecular weight is 237 g/mol. The second-order valence-corrected chi connectivity index (χ2v) is 3.81. The highest BCUT2D eigenvalue weighted by Crippen LogP contribution is 2.20. The summed E-state index contributed by atoms with van der Waals surface area (Å²) in [5, 5.41) is 0. The molecule has 2 aromatic heterocycles. The van der Waals surface area contributed by atoms with Crippen LogP contribution < -0.4 is 5.73 Å². The number of hydrogen-bond acceptors (Lipinski definition) is 4. The van der Waals surface area contributed by atoms with Gasteiger partial charge in [0, 0.05) is 36.0 Å². The SMILES string of the molecule is Nc1ccc(-c2nccn2-c2cnccn2)cc1. The summed E-state index contributed by atoms with van der Waals surface area (Å²) in [5.74, 6) is 1.55. The minimum Gasteiger partial charge on any atom is -0.399 e. The quantitative estimate of drug-likeness (QED) is 0.691. The lowest BCUT2D eigenvalue weighted by molar-refractivity contribution is 0.979. The van der Waals surface area contributed by atoms with Crippen LogP contribution in [0.15, 0.2) is 55.2 Å². The van der Waals surface area contributed by atoms with E-state index in [2.05, 4.69) is 15.0 Å². The van der Waals surface area contributed by atoms with E-state index in [4.69, 9.17) is 5.73 Å². The first kappa shape index (κ1) is 10.5. The van der Waals surface area contributed by atoms with Gasteiger partial charge in [0.1, 0.15) is 5.82 Å². The molecule has 0 atom stereocenters. The van der Waals surface area contributed by atoms with Crippen molar-refractivity contribution in [3.05, 3.63) is 55.2 Å². The third-order valence-electron chi connectivity index (χ3n) is 2.61. The van der Waals surface area contributed by atoms with E-state index in [0.29, 0.717) is 0 Å². The van der Waals surface area contributed by atoms with Crippen molar-refractivity contribution < 1.29 is 0 Å². The fourth-order valence-electron chi connectivity index (χ4n) is 1.75. The molecule has 0 aliphatic carbocycles. The fourth-order valence-corrected chi connectivity index (χ4v) is 1.75. The molecule has 2 N–H and O–H groups in total. The van der Waals surface area contributed by atoms with Gasteiger partial charge in [-0.3, -0.25) is 9.55 Å². The van der Waals surface area contributed by atoms with E-state index in [1.54, 1.807) is 24.8 Å². The molecule has 0 unspecified atom stereocenters. The van der Waals surface area contributed by atoms with Crippen LogP contribution in [-0.2, 0) is 0 Å². The minimum atomic E-state index is 0.733. The van der Waals surface area contributed by atoms with Crippen molar-refractivity contribution in [2.45, 2.75) is 0 Å². The van der Waals surface area contributed by atoms with Crippen molar-refractivity contribution in [3.63, 3.8) is 0 Å². The second-order valence-electron chi connectivity index (χ2n) is 3.81. The Bertz CT molecular complexity index is 643. The largest absolute Gasteiger partial charge is 0.399 e. The highest BCUT2D eigenvalue weighted by molar-refractivity contribution is 5.60. The molecule has 88 valence electrons. The second kappa shape index (κ2) is 4.29. The lowest BCUT2D eigenvalue weighted by Crippen LogP contribution is -1.99. The lowest BCUT2D eigenvalue weighted by Gasteiger charge is -2.06. The first-order valence-corrected chi connectivity index (χ1v) is 5.50. The number of rotatable bonds is 2. The third kappa shape index (κ3) is 1.82. The summed E-state index contributed by atoms with van der Waals surface area (Å²) in [4.78, 5) is 12.7. The van der Waals surface area contributed by atoms with E-state index in [9.17, 15) is 0 Å². The summed E-state index contributed by atoms with van der Waals surface area (Å²) in [7, 11) is 0. The van der Waals surface area contributed by atoms with Gasteiger partial charge < -0.3 is 5.73 Å². The Kier molecular flexibility index (Phi) is 2.49. The Morgan fingerprint density at radius 3 is 2.50 bits per heavy atom. The summed E-state index contributed by atoms with van der Waals surface area (Å²) >= 11 is 0. The van der Waals surface area contributed by atoms with Gasteiger partial charge in [-0.1, -0.05) is 0 Å². The van der Waals surface area contributed by atoms with Crippen molar-refractivity contribution in [1.82, 2.24) is 19.5 Å². The maximum atomic E-state index is 5.68. The van der Waals surface area contributed by atoms with Gasteiger partial charge >= 0.3 is 0 Å². The number of hydrogen-bond donors (Lipinski definition) is 1. The molecule has 2 heterocycles. The van der Waals surface area contributed by atoms with E-state index in [-0.39, 0.29) is 0 Å². The molecular formula is C13H11N5. The Balaban J connectivity index is 2.10. The number of imidazole rings is 1. The molecule has 5 heteroatoms. The Morgan fingerprint density at radius 2 is 1.78 bits per heavy atom. The molecule has 0 amide bonds. The summed E-state index contributed by atoms with van der Waals surface area (Å²) in [6.07, 6.45) is 8.59. The van der Waals surface area contributed by atoms with E-state index < -0.39 is 0 Å². The molecule has 18 heavy (non-hydrogen) atoms. The predicted molar refractivity (Wildman–Crippen MR) is 69.0 cm³/mol. The predicted octanol–water partition coefficient (Wildman–Crippen LogP) is 1.91. The van der Waals surface area contributed by atoms with Crippen LogP contribution in [0.3, 0.4) is 0 Å². The number of nitrogen functional groups attached to an aromatic ring is 1. The molecule has 0 radical (unpaired) electrons. The molecule has 0 fully saturated rings. The molecule has 0 aliphatic rings. The monoisotopic (exact) mass is 237 g/mol. The summed E-state index contributed by atoms with van der Waals surface area (Å²) < 4.78 is 1.89. The highest BCUT2D eigenvalue weighted by Gasteiger charge is 2.07. The zero-order chi connectivity index (χ0) is 12.4. The van der Waals surface area contributed by atoms with Crippen LogP contribution in [0.2, 0.25) is 0 Å². The molecule has 0 bridgehead atoms. The number of anilines is 1. The standard InChI is InChI=1S/C13H11N5/c14-11-3-1-10(2-4-11)13-17-7-8-18(13)12-9-15-5-6-16-12/h1-9H,14H2.